The Bertz CT molecular complexity index is 760. The summed E-state index contributed by atoms with van der Waals surface area (Å²) < 4.78 is 21.3. The van der Waals surface area contributed by atoms with Crippen LogP contribution in [-0.2, 0) is 11.2 Å². The van der Waals surface area contributed by atoms with Gasteiger partial charge in [0.15, 0.2) is 11.5 Å². The van der Waals surface area contributed by atoms with E-state index in [1.807, 2.05) is 18.2 Å². The van der Waals surface area contributed by atoms with E-state index in [1.165, 1.54) is 6.92 Å². The Morgan fingerprint density at radius 3 is 2.08 bits per heavy atom. The van der Waals surface area contributed by atoms with Crippen molar-refractivity contribution in [2.24, 2.45) is 0 Å². The molecule has 26 heavy (non-hydrogen) atoms. The molecule has 0 aliphatic heterocycles. The second-order valence-corrected chi connectivity index (χ2v) is 5.65. The molecule has 0 N–H and O–H groups in total. The van der Waals surface area contributed by atoms with E-state index < -0.39 is 0 Å². The Hall–Kier alpha value is -2.89. The number of benzene rings is 2. The minimum Gasteiger partial charge on any atom is -0.497 e. The molecule has 0 unspecified atom stereocenters. The van der Waals surface area contributed by atoms with E-state index in [9.17, 15) is 4.79 Å². The van der Waals surface area contributed by atoms with Crippen LogP contribution in [0.2, 0.25) is 0 Å². The molecule has 0 saturated carbocycles. The van der Waals surface area contributed by atoms with Gasteiger partial charge in [0, 0.05) is 19.5 Å². The molecule has 6 heteroatoms. The maximum absolute atomic E-state index is 12.2. The lowest BCUT2D eigenvalue weighted by molar-refractivity contribution is -0.116. The van der Waals surface area contributed by atoms with Crippen LogP contribution in [-0.4, -0.2) is 40.9 Å². The molecule has 0 heterocycles. The van der Waals surface area contributed by atoms with Gasteiger partial charge in [-0.15, -0.1) is 0 Å². The minimum atomic E-state index is -0.0722. The number of carbonyl (C=O) groups excluding carboxylic acids is 1. The van der Waals surface area contributed by atoms with Crippen molar-refractivity contribution in [2.45, 2.75) is 13.3 Å². The summed E-state index contributed by atoms with van der Waals surface area (Å²) in [5.41, 5.74) is 1.72. The van der Waals surface area contributed by atoms with E-state index in [4.69, 9.17) is 18.9 Å². The summed E-state index contributed by atoms with van der Waals surface area (Å²) in [6.45, 7) is 2.03. The molecule has 2 aromatic carbocycles. The first-order chi connectivity index (χ1) is 12.5. The summed E-state index contributed by atoms with van der Waals surface area (Å²) in [5.74, 6) is 2.55. The van der Waals surface area contributed by atoms with Crippen molar-refractivity contribution in [2.75, 3.05) is 39.9 Å². The Kier molecular flexibility index (Phi) is 6.72. The highest BCUT2D eigenvalue weighted by atomic mass is 16.5. The number of nitrogens with zero attached hydrogens (tertiary/aromatic N) is 1. The molecule has 140 valence electrons. The third kappa shape index (κ3) is 4.39. The predicted molar refractivity (Wildman–Crippen MR) is 101 cm³/mol. The molecule has 0 bridgehead atoms. The van der Waals surface area contributed by atoms with E-state index in [2.05, 4.69) is 0 Å². The van der Waals surface area contributed by atoms with Crippen LogP contribution in [0.5, 0.6) is 23.0 Å². The van der Waals surface area contributed by atoms with E-state index in [0.717, 1.165) is 5.56 Å². The summed E-state index contributed by atoms with van der Waals surface area (Å²) in [7, 11) is 6.37. The average Bonchev–Trinajstić information content (AvgIpc) is 2.67. The SMILES string of the molecule is COc1ccc(OC)c(N(CCc2ccc(OC)c(OC)c2)C(C)=O)c1. The second kappa shape index (κ2) is 8.99. The van der Waals surface area contributed by atoms with Gasteiger partial charge in [0.2, 0.25) is 5.91 Å². The Balaban J connectivity index is 2.26. The van der Waals surface area contributed by atoms with Crippen LogP contribution in [0.15, 0.2) is 36.4 Å². The first kappa shape index (κ1) is 19.4. The number of ether oxygens (including phenoxy) is 4. The highest BCUT2D eigenvalue weighted by Crippen LogP contribution is 2.33. The highest BCUT2D eigenvalue weighted by Gasteiger charge is 2.17. The fourth-order valence-corrected chi connectivity index (χ4v) is 2.73. The topological polar surface area (TPSA) is 57.2 Å². The van der Waals surface area contributed by atoms with Crippen molar-refractivity contribution in [1.29, 1.82) is 0 Å². The van der Waals surface area contributed by atoms with Gasteiger partial charge in [-0.2, -0.15) is 0 Å². The molecule has 0 atom stereocenters. The Labute approximate surface area is 154 Å². The quantitative estimate of drug-likeness (QED) is 0.724. The summed E-state index contributed by atoms with van der Waals surface area (Å²) in [6.07, 6.45) is 0.653. The van der Waals surface area contributed by atoms with Crippen LogP contribution in [0.3, 0.4) is 0 Å². The molecule has 0 aromatic heterocycles. The van der Waals surface area contributed by atoms with E-state index in [-0.39, 0.29) is 5.91 Å². The number of methoxy groups -OCH3 is 4. The van der Waals surface area contributed by atoms with Gasteiger partial charge in [-0.3, -0.25) is 4.79 Å². The molecule has 0 fully saturated rings. The van der Waals surface area contributed by atoms with Crippen LogP contribution in [0.4, 0.5) is 5.69 Å². The zero-order valence-corrected chi connectivity index (χ0v) is 15.9. The molecule has 0 aliphatic rings. The lowest BCUT2D eigenvalue weighted by Gasteiger charge is -2.24. The molecule has 2 aromatic rings. The van der Waals surface area contributed by atoms with Crippen molar-refractivity contribution in [3.8, 4) is 23.0 Å². The average molecular weight is 359 g/mol. The van der Waals surface area contributed by atoms with Gasteiger partial charge in [0.05, 0.1) is 34.1 Å². The largest absolute Gasteiger partial charge is 0.497 e. The number of rotatable bonds is 8. The van der Waals surface area contributed by atoms with Crippen LogP contribution in [0.1, 0.15) is 12.5 Å². The number of amides is 1. The predicted octanol–water partition coefficient (Wildman–Crippen LogP) is 3.32. The molecular weight excluding hydrogens is 334 g/mol. The van der Waals surface area contributed by atoms with Gasteiger partial charge in [0.25, 0.3) is 0 Å². The second-order valence-electron chi connectivity index (χ2n) is 5.65. The number of hydrogen-bond acceptors (Lipinski definition) is 5. The van der Waals surface area contributed by atoms with Gasteiger partial charge in [-0.1, -0.05) is 6.07 Å². The van der Waals surface area contributed by atoms with E-state index >= 15 is 0 Å². The molecule has 6 nitrogen and oxygen atoms in total. The molecule has 0 saturated heterocycles. The van der Waals surface area contributed by atoms with Gasteiger partial charge in [0.1, 0.15) is 11.5 Å². The van der Waals surface area contributed by atoms with Crippen molar-refractivity contribution >= 4 is 11.6 Å². The van der Waals surface area contributed by atoms with Crippen molar-refractivity contribution in [1.82, 2.24) is 0 Å². The van der Waals surface area contributed by atoms with Crippen molar-refractivity contribution in [3.05, 3.63) is 42.0 Å². The normalized spacial score (nSPS) is 10.2. The molecule has 0 radical (unpaired) electrons. The first-order valence-electron chi connectivity index (χ1n) is 8.25. The van der Waals surface area contributed by atoms with Gasteiger partial charge in [-0.05, 0) is 36.2 Å². The third-order valence-corrected chi connectivity index (χ3v) is 4.13. The lowest BCUT2D eigenvalue weighted by atomic mass is 10.1. The zero-order chi connectivity index (χ0) is 19.1. The number of anilines is 1. The molecule has 0 aliphatic carbocycles. The smallest absolute Gasteiger partial charge is 0.223 e. The summed E-state index contributed by atoms with van der Waals surface area (Å²) in [5, 5.41) is 0. The molecule has 2 rings (SSSR count). The van der Waals surface area contributed by atoms with Gasteiger partial charge in [-0.25, -0.2) is 0 Å². The zero-order valence-electron chi connectivity index (χ0n) is 15.9. The fourth-order valence-electron chi connectivity index (χ4n) is 2.73. The Morgan fingerprint density at radius 2 is 1.50 bits per heavy atom. The standard InChI is InChI=1S/C20H25NO5/c1-14(22)21(17-13-16(23-2)7-9-18(17)24-3)11-10-15-6-8-19(25-4)20(12-15)26-5/h6-9,12-13H,10-11H2,1-5H3. The number of carbonyl (C=O) groups is 1. The third-order valence-electron chi connectivity index (χ3n) is 4.13. The summed E-state index contributed by atoms with van der Waals surface area (Å²) in [4.78, 5) is 13.9. The first-order valence-corrected chi connectivity index (χ1v) is 8.25. The van der Waals surface area contributed by atoms with Gasteiger partial charge >= 0.3 is 0 Å². The lowest BCUT2D eigenvalue weighted by Crippen LogP contribution is -2.31. The molecule has 1 amide bonds. The van der Waals surface area contributed by atoms with Crippen LogP contribution in [0, 0.1) is 0 Å². The van der Waals surface area contributed by atoms with Crippen LogP contribution < -0.4 is 23.8 Å². The van der Waals surface area contributed by atoms with Crippen molar-refractivity contribution < 1.29 is 23.7 Å². The van der Waals surface area contributed by atoms with Crippen LogP contribution in [0.25, 0.3) is 0 Å². The van der Waals surface area contributed by atoms with E-state index in [1.54, 1.807) is 51.5 Å². The summed E-state index contributed by atoms with van der Waals surface area (Å²) >= 11 is 0. The minimum absolute atomic E-state index is 0.0722. The van der Waals surface area contributed by atoms with Crippen molar-refractivity contribution in [3.63, 3.8) is 0 Å². The maximum atomic E-state index is 12.2. The molecule has 0 spiro atoms. The monoisotopic (exact) mass is 359 g/mol. The van der Waals surface area contributed by atoms with Crippen LogP contribution >= 0.6 is 0 Å². The highest BCUT2D eigenvalue weighted by molar-refractivity contribution is 5.93. The molecular formula is C20H25NO5. The summed E-state index contributed by atoms with van der Waals surface area (Å²) in [6, 6.07) is 11.1. The van der Waals surface area contributed by atoms with Gasteiger partial charge < -0.3 is 23.8 Å². The maximum Gasteiger partial charge on any atom is 0.223 e. The number of hydrogen-bond donors (Lipinski definition) is 0. The fraction of sp³-hybridized carbons (Fsp3) is 0.350. The Morgan fingerprint density at radius 1 is 0.846 bits per heavy atom. The van der Waals surface area contributed by atoms with E-state index in [0.29, 0.717) is 41.7 Å².